The fourth-order valence-corrected chi connectivity index (χ4v) is 4.99. The van der Waals surface area contributed by atoms with Gasteiger partial charge in [0.1, 0.15) is 19.8 Å². The second kappa shape index (κ2) is 14.8. The molecule has 0 amide bonds. The number of carbonyl (C=O) groups excluding carboxylic acids is 3. The summed E-state index contributed by atoms with van der Waals surface area (Å²) >= 11 is 0. The van der Waals surface area contributed by atoms with Crippen molar-refractivity contribution >= 4 is 17.9 Å². The fourth-order valence-electron chi connectivity index (χ4n) is 4.99. The summed E-state index contributed by atoms with van der Waals surface area (Å²) in [7, 11) is 0. The van der Waals surface area contributed by atoms with Crippen LogP contribution in [0.1, 0.15) is 58.9 Å². The topological polar surface area (TPSA) is 88.1 Å². The van der Waals surface area contributed by atoms with Gasteiger partial charge in [-0.15, -0.1) is 0 Å². The Hall–Kier alpha value is -5.53. The highest BCUT2D eigenvalue weighted by Gasteiger charge is 2.16. The van der Waals surface area contributed by atoms with Crippen molar-refractivity contribution in [1.29, 1.82) is 0 Å². The molecule has 0 radical (unpaired) electrons. The van der Waals surface area contributed by atoms with E-state index in [2.05, 4.69) is 0 Å². The Morgan fingerprint density at radius 2 is 1.02 bits per heavy atom. The van der Waals surface area contributed by atoms with Gasteiger partial charge in [0.25, 0.3) is 0 Å². The summed E-state index contributed by atoms with van der Waals surface area (Å²) in [5.41, 5.74) is 7.23. The van der Waals surface area contributed by atoms with Gasteiger partial charge in [0.15, 0.2) is 0 Å². The molecule has 0 aliphatic heterocycles. The van der Waals surface area contributed by atoms with Crippen molar-refractivity contribution in [2.75, 3.05) is 0 Å². The van der Waals surface area contributed by atoms with Crippen LogP contribution in [0.5, 0.6) is 0 Å². The van der Waals surface area contributed by atoms with Crippen LogP contribution in [0.2, 0.25) is 0 Å². The van der Waals surface area contributed by atoms with Crippen LogP contribution in [-0.4, -0.2) is 17.9 Å². The molecule has 0 unspecified atom stereocenters. The number of carbonyl (C=O) groups is 3. The second-order valence-corrected chi connectivity index (χ2v) is 10.5. The van der Waals surface area contributed by atoms with E-state index in [0.717, 1.165) is 22.3 Å². The minimum atomic E-state index is -0.609. The van der Waals surface area contributed by atoms with Gasteiger partial charge in [-0.25, -0.2) is 14.4 Å². The molecule has 0 saturated heterocycles. The summed E-state index contributed by atoms with van der Waals surface area (Å²) in [4.78, 5) is 48.4. The molecular weight excluding hydrogens is 568 g/mol. The molecule has 0 atom stereocenters. The van der Waals surface area contributed by atoms with E-state index < -0.39 is 17.9 Å². The standard InChI is InChI=1S/C38H32O7/c1-26-20-33(21-27(2)35(26)29-12-6-3-7-13-29)38(41)45-44-23-28-18-19-32(24-42-36(39)30-14-8-4-9-15-30)34(22-28)25-43-37(40)31-16-10-5-11-17-31/h3-22H,23-25H2,1-2H3. The molecule has 45 heavy (non-hydrogen) atoms. The Morgan fingerprint density at radius 1 is 0.511 bits per heavy atom. The first-order valence-corrected chi connectivity index (χ1v) is 14.4. The van der Waals surface area contributed by atoms with E-state index in [9.17, 15) is 14.4 Å². The van der Waals surface area contributed by atoms with Gasteiger partial charge >= 0.3 is 17.9 Å². The smallest absolute Gasteiger partial charge is 0.373 e. The van der Waals surface area contributed by atoms with Crippen LogP contribution in [0.15, 0.2) is 121 Å². The van der Waals surface area contributed by atoms with Gasteiger partial charge in [0.05, 0.1) is 16.7 Å². The first kappa shape index (κ1) is 30.9. The molecule has 0 saturated carbocycles. The van der Waals surface area contributed by atoms with Crippen LogP contribution < -0.4 is 0 Å². The highest BCUT2D eigenvalue weighted by molar-refractivity contribution is 5.91. The quantitative estimate of drug-likeness (QED) is 0.0863. The molecular formula is C38H32O7. The van der Waals surface area contributed by atoms with E-state index in [0.29, 0.717) is 33.4 Å². The van der Waals surface area contributed by atoms with Crippen LogP contribution >= 0.6 is 0 Å². The lowest BCUT2D eigenvalue weighted by Gasteiger charge is -2.14. The summed E-state index contributed by atoms with van der Waals surface area (Å²) in [6.45, 7) is 3.77. The molecule has 7 heteroatoms. The SMILES string of the molecule is Cc1cc(C(=O)OOCc2ccc(COC(=O)c3ccccc3)c(COC(=O)c3ccccc3)c2)cc(C)c1-c1ccccc1. The van der Waals surface area contributed by atoms with Gasteiger partial charge in [0.2, 0.25) is 0 Å². The second-order valence-electron chi connectivity index (χ2n) is 10.5. The average molecular weight is 601 g/mol. The molecule has 0 bridgehead atoms. The zero-order valence-electron chi connectivity index (χ0n) is 25.0. The molecule has 226 valence electrons. The van der Waals surface area contributed by atoms with Gasteiger partial charge in [-0.3, -0.25) is 4.89 Å². The molecule has 7 nitrogen and oxygen atoms in total. The van der Waals surface area contributed by atoms with Crippen molar-refractivity contribution in [3.8, 4) is 11.1 Å². The van der Waals surface area contributed by atoms with Crippen molar-refractivity contribution in [1.82, 2.24) is 0 Å². The normalized spacial score (nSPS) is 10.6. The first-order chi connectivity index (χ1) is 21.9. The number of ether oxygens (including phenoxy) is 2. The van der Waals surface area contributed by atoms with Crippen molar-refractivity contribution in [2.45, 2.75) is 33.7 Å². The molecule has 0 aliphatic rings. The average Bonchev–Trinajstić information content (AvgIpc) is 3.07. The van der Waals surface area contributed by atoms with Crippen molar-refractivity contribution in [3.05, 3.63) is 166 Å². The zero-order chi connectivity index (χ0) is 31.6. The van der Waals surface area contributed by atoms with E-state index in [1.165, 1.54) is 0 Å². The van der Waals surface area contributed by atoms with Crippen molar-refractivity contribution < 1.29 is 33.6 Å². The molecule has 5 aromatic rings. The number of hydrogen-bond donors (Lipinski definition) is 0. The highest BCUT2D eigenvalue weighted by atomic mass is 17.2. The third-order valence-electron chi connectivity index (χ3n) is 7.20. The predicted molar refractivity (Wildman–Crippen MR) is 169 cm³/mol. The first-order valence-electron chi connectivity index (χ1n) is 14.4. The minimum absolute atomic E-state index is 0.0280. The fraction of sp³-hybridized carbons (Fsp3) is 0.132. The number of hydrogen-bond acceptors (Lipinski definition) is 7. The molecule has 5 aromatic carbocycles. The maximum absolute atomic E-state index is 12.8. The maximum Gasteiger partial charge on any atom is 0.373 e. The largest absolute Gasteiger partial charge is 0.457 e. The van der Waals surface area contributed by atoms with Gasteiger partial charge in [-0.1, -0.05) is 78.9 Å². The molecule has 0 fully saturated rings. The van der Waals surface area contributed by atoms with E-state index >= 15 is 0 Å². The molecule has 0 aromatic heterocycles. The Balaban J connectivity index is 1.25. The number of esters is 2. The summed E-state index contributed by atoms with van der Waals surface area (Å²) in [5, 5.41) is 0. The molecule has 5 rings (SSSR count). The Bertz CT molecular complexity index is 1760. The van der Waals surface area contributed by atoms with Gasteiger partial charge in [-0.2, -0.15) is 4.89 Å². The monoisotopic (exact) mass is 600 g/mol. The van der Waals surface area contributed by atoms with Crippen LogP contribution in [0.4, 0.5) is 0 Å². The molecule has 0 spiro atoms. The maximum atomic E-state index is 12.8. The highest BCUT2D eigenvalue weighted by Crippen LogP contribution is 2.28. The van der Waals surface area contributed by atoms with Crippen LogP contribution in [-0.2, 0) is 39.1 Å². The van der Waals surface area contributed by atoms with Gasteiger partial charge < -0.3 is 9.47 Å². The van der Waals surface area contributed by atoms with E-state index in [1.54, 1.807) is 78.9 Å². The van der Waals surface area contributed by atoms with Gasteiger partial charge in [0, 0.05) is 0 Å². The predicted octanol–water partition coefficient (Wildman–Crippen LogP) is 7.97. The summed E-state index contributed by atoms with van der Waals surface area (Å²) in [6, 6.07) is 36.2. The number of benzene rings is 5. The summed E-state index contributed by atoms with van der Waals surface area (Å²) < 4.78 is 11.1. The van der Waals surface area contributed by atoms with Crippen LogP contribution in [0.25, 0.3) is 11.1 Å². The summed E-state index contributed by atoms with van der Waals surface area (Å²) in [5.74, 6) is -1.56. The van der Waals surface area contributed by atoms with Crippen molar-refractivity contribution in [2.24, 2.45) is 0 Å². The third kappa shape index (κ3) is 8.10. The Labute approximate surface area is 261 Å². The van der Waals surface area contributed by atoms with E-state index in [4.69, 9.17) is 19.2 Å². The molecule has 0 aliphatic carbocycles. The molecule has 0 N–H and O–H groups in total. The summed E-state index contributed by atoms with van der Waals surface area (Å²) in [6.07, 6.45) is 0. The van der Waals surface area contributed by atoms with Crippen LogP contribution in [0.3, 0.4) is 0 Å². The third-order valence-corrected chi connectivity index (χ3v) is 7.20. The number of aryl methyl sites for hydroxylation is 2. The van der Waals surface area contributed by atoms with E-state index in [-0.39, 0.29) is 19.8 Å². The minimum Gasteiger partial charge on any atom is -0.457 e. The zero-order valence-corrected chi connectivity index (χ0v) is 25.0. The lowest BCUT2D eigenvalue weighted by atomic mass is 9.93. The lowest BCUT2D eigenvalue weighted by molar-refractivity contribution is -0.250. The van der Waals surface area contributed by atoms with Crippen LogP contribution in [0, 0.1) is 13.8 Å². The van der Waals surface area contributed by atoms with Crippen molar-refractivity contribution in [3.63, 3.8) is 0 Å². The number of rotatable bonds is 11. The Morgan fingerprint density at radius 3 is 1.58 bits per heavy atom. The lowest BCUT2D eigenvalue weighted by Crippen LogP contribution is -2.10. The van der Waals surface area contributed by atoms with E-state index in [1.807, 2.05) is 56.3 Å². The Kier molecular flexibility index (Phi) is 10.1. The molecule has 0 heterocycles. The van der Waals surface area contributed by atoms with Gasteiger partial charge in [-0.05, 0) is 95.3 Å².